The van der Waals surface area contributed by atoms with Crippen molar-refractivity contribution in [3.63, 3.8) is 0 Å². The molecule has 6 N–H and O–H groups in total. The highest BCUT2D eigenvalue weighted by Gasteiger charge is 2.62. The van der Waals surface area contributed by atoms with Gasteiger partial charge in [0.25, 0.3) is 0 Å². The van der Waals surface area contributed by atoms with Crippen LogP contribution in [0, 0.1) is 46.3 Å². The first kappa shape index (κ1) is 29.3. The molecule has 4 aliphatic rings. The predicted molar refractivity (Wildman–Crippen MR) is 150 cm³/mol. The van der Waals surface area contributed by atoms with Crippen LogP contribution < -0.4 is 16.4 Å². The van der Waals surface area contributed by atoms with Crippen LogP contribution in [0.4, 0.5) is 0 Å². The quantitative estimate of drug-likeness (QED) is 0.224. The molecule has 4 rings (SSSR count). The summed E-state index contributed by atoms with van der Waals surface area (Å²) >= 11 is 0. The van der Waals surface area contributed by atoms with E-state index in [2.05, 4.69) is 31.4 Å². The highest BCUT2D eigenvalue weighted by atomic mass is 16.4. The molecule has 37 heavy (non-hydrogen) atoms. The fraction of sp³-hybridized carbons (Fsp3) is 0.968. The van der Waals surface area contributed by atoms with Crippen LogP contribution in [-0.4, -0.2) is 54.5 Å². The molecule has 4 saturated carbocycles. The van der Waals surface area contributed by atoms with Gasteiger partial charge in [0, 0.05) is 12.5 Å². The normalized spacial score (nSPS) is 42.0. The van der Waals surface area contributed by atoms with Crippen LogP contribution in [0.3, 0.4) is 0 Å². The smallest absolute Gasteiger partial charge is 0.303 e. The van der Waals surface area contributed by atoms with Crippen molar-refractivity contribution in [1.82, 2.24) is 10.6 Å². The lowest BCUT2D eigenvalue weighted by Crippen LogP contribution is -2.59. The van der Waals surface area contributed by atoms with Gasteiger partial charge in [-0.25, -0.2) is 0 Å². The number of carbonyl (C=O) groups is 1. The summed E-state index contributed by atoms with van der Waals surface area (Å²) in [4.78, 5) is 11.2. The number of unbranched alkanes of at least 4 members (excludes halogenated alkanes) is 1. The Labute approximate surface area is 226 Å². The number of aliphatic carboxylic acids is 1. The third-order valence-electron chi connectivity index (χ3n) is 12.0. The minimum Gasteiger partial charge on any atom is -0.481 e. The summed E-state index contributed by atoms with van der Waals surface area (Å²) in [5, 5.41) is 28.2. The zero-order valence-corrected chi connectivity index (χ0v) is 24.0. The molecule has 0 aliphatic heterocycles. The minimum atomic E-state index is -0.669. The molecule has 0 saturated heterocycles. The minimum absolute atomic E-state index is 0.169. The molecule has 0 amide bonds. The number of rotatable bonds is 13. The summed E-state index contributed by atoms with van der Waals surface area (Å²) in [6, 6.07) is 0.596. The van der Waals surface area contributed by atoms with Gasteiger partial charge in [0.05, 0.1) is 6.10 Å². The lowest BCUT2D eigenvalue weighted by molar-refractivity contribution is -0.167. The Bertz CT molecular complexity index is 749. The molecule has 10 atom stereocenters. The Morgan fingerprint density at radius 1 is 0.973 bits per heavy atom. The molecule has 0 aromatic carbocycles. The van der Waals surface area contributed by atoms with Gasteiger partial charge < -0.3 is 26.6 Å². The number of fused-ring (bicyclic) bond motifs is 5. The van der Waals surface area contributed by atoms with Crippen molar-refractivity contribution < 1.29 is 15.0 Å². The lowest BCUT2D eigenvalue weighted by atomic mass is 9.43. The molecular weight excluding hydrogens is 462 g/mol. The Balaban J connectivity index is 1.31. The summed E-state index contributed by atoms with van der Waals surface area (Å²) in [6.07, 6.45) is 14.1. The molecule has 0 spiro atoms. The topological polar surface area (TPSA) is 108 Å². The van der Waals surface area contributed by atoms with E-state index in [9.17, 15) is 15.0 Å². The van der Waals surface area contributed by atoms with Crippen molar-refractivity contribution in [2.24, 2.45) is 52.1 Å². The molecule has 0 radical (unpaired) electrons. The molecule has 4 aliphatic carbocycles. The average molecular weight is 520 g/mol. The number of hydrogen-bond donors (Lipinski definition) is 5. The Morgan fingerprint density at radius 2 is 1.70 bits per heavy atom. The van der Waals surface area contributed by atoms with Crippen LogP contribution in [0.5, 0.6) is 0 Å². The molecular formula is C31H57N3O3. The first-order chi connectivity index (χ1) is 17.7. The summed E-state index contributed by atoms with van der Waals surface area (Å²) in [6.45, 7) is 11.4. The average Bonchev–Trinajstić information content (AvgIpc) is 3.22. The molecule has 0 bridgehead atoms. The highest BCUT2D eigenvalue weighted by Crippen LogP contribution is 2.68. The van der Waals surface area contributed by atoms with E-state index in [0.717, 1.165) is 45.4 Å². The second-order valence-corrected chi connectivity index (χ2v) is 14.0. The molecule has 3 unspecified atom stereocenters. The first-order valence-electron chi connectivity index (χ1n) is 15.7. The molecule has 6 heteroatoms. The third kappa shape index (κ3) is 6.23. The second-order valence-electron chi connectivity index (χ2n) is 14.0. The van der Waals surface area contributed by atoms with Crippen LogP contribution in [0.1, 0.15) is 104 Å². The first-order valence-corrected chi connectivity index (χ1v) is 15.7. The van der Waals surface area contributed by atoms with E-state index < -0.39 is 5.97 Å². The van der Waals surface area contributed by atoms with Gasteiger partial charge in [0.15, 0.2) is 0 Å². The maximum Gasteiger partial charge on any atom is 0.303 e. The van der Waals surface area contributed by atoms with E-state index >= 15 is 0 Å². The van der Waals surface area contributed by atoms with Gasteiger partial charge in [-0.3, -0.25) is 4.79 Å². The zero-order chi connectivity index (χ0) is 26.6. The van der Waals surface area contributed by atoms with Gasteiger partial charge in [-0.15, -0.1) is 0 Å². The lowest BCUT2D eigenvalue weighted by Gasteiger charge is -2.62. The largest absolute Gasteiger partial charge is 0.481 e. The van der Waals surface area contributed by atoms with Gasteiger partial charge >= 0.3 is 5.97 Å². The number of nitrogens with one attached hydrogen (secondary N) is 2. The van der Waals surface area contributed by atoms with Crippen LogP contribution >= 0.6 is 0 Å². The van der Waals surface area contributed by atoms with Crippen molar-refractivity contribution in [1.29, 1.82) is 0 Å². The van der Waals surface area contributed by atoms with Crippen LogP contribution in [0.25, 0.3) is 0 Å². The fourth-order valence-corrected chi connectivity index (χ4v) is 9.97. The third-order valence-corrected chi connectivity index (χ3v) is 12.0. The van der Waals surface area contributed by atoms with E-state index in [1.54, 1.807) is 0 Å². The van der Waals surface area contributed by atoms with E-state index in [-0.39, 0.29) is 17.9 Å². The van der Waals surface area contributed by atoms with Crippen LogP contribution in [0.2, 0.25) is 0 Å². The molecule has 4 fully saturated rings. The van der Waals surface area contributed by atoms with Crippen LogP contribution in [0.15, 0.2) is 0 Å². The van der Waals surface area contributed by atoms with Crippen molar-refractivity contribution in [2.45, 2.75) is 116 Å². The maximum atomic E-state index is 11.6. The standard InChI is InChI=1S/C31H57N3O3/c1-21(7-10-28(36)37)24-8-9-25-29-26(12-14-31(24,25)3)30(2)13-11-23(19-22(30)20-27(29)35)34-18-6-17-33-16-5-4-15-32/h21-27,29,33-35H,4-20,32H2,1-3H3,(H,36,37)/t21-,22+,23+,24-,25?,26?,27+,29?,30+,31-/m1/s1. The second kappa shape index (κ2) is 12.7. The van der Waals surface area contributed by atoms with Crippen molar-refractivity contribution in [3.05, 3.63) is 0 Å². The number of nitrogens with two attached hydrogens (primary N) is 1. The molecule has 6 nitrogen and oxygen atoms in total. The van der Waals surface area contributed by atoms with Gasteiger partial charge in [0.1, 0.15) is 0 Å². The molecule has 0 aromatic rings. The van der Waals surface area contributed by atoms with Gasteiger partial charge in [-0.1, -0.05) is 20.8 Å². The number of carboxylic acid groups (broad SMARTS) is 1. The van der Waals surface area contributed by atoms with Gasteiger partial charge in [-0.05, 0) is 150 Å². The van der Waals surface area contributed by atoms with E-state index in [1.165, 1.54) is 57.8 Å². The van der Waals surface area contributed by atoms with Crippen LogP contribution in [-0.2, 0) is 4.79 Å². The number of aliphatic hydroxyl groups excluding tert-OH is 1. The zero-order valence-electron chi connectivity index (χ0n) is 24.0. The Hall–Kier alpha value is -0.690. The van der Waals surface area contributed by atoms with Crippen molar-refractivity contribution in [2.75, 3.05) is 26.2 Å². The molecule has 214 valence electrons. The maximum absolute atomic E-state index is 11.6. The Kier molecular flexibility index (Phi) is 10.0. The Morgan fingerprint density at radius 3 is 2.46 bits per heavy atom. The number of carboxylic acids is 1. The van der Waals surface area contributed by atoms with Crippen molar-refractivity contribution >= 4 is 5.97 Å². The highest BCUT2D eigenvalue weighted by molar-refractivity contribution is 5.66. The number of hydrogen-bond acceptors (Lipinski definition) is 5. The van der Waals surface area contributed by atoms with Gasteiger partial charge in [0.2, 0.25) is 0 Å². The van der Waals surface area contributed by atoms with Crippen molar-refractivity contribution in [3.8, 4) is 0 Å². The number of aliphatic hydroxyl groups is 1. The summed E-state index contributed by atoms with van der Waals surface area (Å²) in [5.74, 6) is 2.69. The summed E-state index contributed by atoms with van der Waals surface area (Å²) in [5.41, 5.74) is 6.19. The van der Waals surface area contributed by atoms with E-state index in [1.807, 2.05) is 0 Å². The fourth-order valence-electron chi connectivity index (χ4n) is 9.97. The monoisotopic (exact) mass is 519 g/mol. The molecule has 0 aromatic heterocycles. The SMILES string of the molecule is C[C@H](CCC(=O)O)[C@H]1CCC2C3C(CC[C@@]21C)[C@@]1(C)CC[C@H](NCCCNCCCCN)C[C@H]1C[C@@H]3O. The van der Waals surface area contributed by atoms with E-state index in [0.29, 0.717) is 47.0 Å². The van der Waals surface area contributed by atoms with E-state index in [4.69, 9.17) is 5.73 Å². The molecule has 0 heterocycles. The summed E-state index contributed by atoms with van der Waals surface area (Å²) in [7, 11) is 0. The summed E-state index contributed by atoms with van der Waals surface area (Å²) < 4.78 is 0. The predicted octanol–water partition coefficient (Wildman–Crippen LogP) is 4.79. The van der Waals surface area contributed by atoms with Gasteiger partial charge in [-0.2, -0.15) is 0 Å².